The van der Waals surface area contributed by atoms with Gasteiger partial charge in [0.25, 0.3) is 0 Å². The first-order chi connectivity index (χ1) is 10.6. The maximum atomic E-state index is 12.8. The molecule has 0 bridgehead atoms. The van der Waals surface area contributed by atoms with Gasteiger partial charge in [0.2, 0.25) is 5.91 Å². The minimum Gasteiger partial charge on any atom is -0.495 e. The molecular formula is C17H19FN2O2. The number of rotatable bonds is 6. The molecule has 0 fully saturated rings. The van der Waals surface area contributed by atoms with Crippen LogP contribution in [-0.4, -0.2) is 19.6 Å². The fourth-order valence-electron chi connectivity index (χ4n) is 2.03. The van der Waals surface area contributed by atoms with Crippen LogP contribution in [0.4, 0.5) is 15.8 Å². The third-order valence-corrected chi connectivity index (χ3v) is 3.15. The zero-order valence-electron chi connectivity index (χ0n) is 12.7. The smallest absolute Gasteiger partial charge is 0.226 e. The van der Waals surface area contributed by atoms with Crippen LogP contribution in [0.5, 0.6) is 5.75 Å². The summed E-state index contributed by atoms with van der Waals surface area (Å²) in [4.78, 5) is 11.8. The number of nitrogens with one attached hydrogen (secondary N) is 2. The van der Waals surface area contributed by atoms with E-state index >= 15 is 0 Å². The van der Waals surface area contributed by atoms with Gasteiger partial charge in [-0.05, 0) is 48.9 Å². The Hall–Kier alpha value is -2.56. The van der Waals surface area contributed by atoms with E-state index in [2.05, 4.69) is 10.6 Å². The lowest BCUT2D eigenvalue weighted by Crippen LogP contribution is -2.16. The van der Waals surface area contributed by atoms with Crippen LogP contribution in [0.25, 0.3) is 0 Å². The molecule has 0 unspecified atom stereocenters. The van der Waals surface area contributed by atoms with Crippen molar-refractivity contribution in [3.63, 3.8) is 0 Å². The number of anilines is 2. The van der Waals surface area contributed by atoms with E-state index in [-0.39, 0.29) is 11.7 Å². The first-order valence-electron chi connectivity index (χ1n) is 7.02. The molecule has 5 heteroatoms. The number of amides is 1. The second kappa shape index (κ2) is 7.45. The number of halogens is 1. The van der Waals surface area contributed by atoms with E-state index in [9.17, 15) is 9.18 Å². The summed E-state index contributed by atoms with van der Waals surface area (Å²) in [6.07, 6.45) is 0.300. The van der Waals surface area contributed by atoms with Crippen LogP contribution in [0.15, 0.2) is 42.5 Å². The van der Waals surface area contributed by atoms with Gasteiger partial charge in [0.15, 0.2) is 0 Å². The highest BCUT2D eigenvalue weighted by atomic mass is 19.1. The fraction of sp³-hybridized carbons (Fsp3) is 0.235. The van der Waals surface area contributed by atoms with Crippen LogP contribution in [0.2, 0.25) is 0 Å². The predicted octanol–water partition coefficient (Wildman–Crippen LogP) is 3.58. The van der Waals surface area contributed by atoms with Crippen LogP contribution < -0.4 is 15.4 Å². The van der Waals surface area contributed by atoms with Gasteiger partial charge < -0.3 is 15.4 Å². The Kier molecular flexibility index (Phi) is 5.36. The van der Waals surface area contributed by atoms with Crippen molar-refractivity contribution < 1.29 is 13.9 Å². The van der Waals surface area contributed by atoms with Crippen molar-refractivity contribution >= 4 is 17.3 Å². The fourth-order valence-corrected chi connectivity index (χ4v) is 2.03. The quantitative estimate of drug-likeness (QED) is 0.857. The molecule has 22 heavy (non-hydrogen) atoms. The number of methoxy groups -OCH3 is 1. The minimum absolute atomic E-state index is 0.134. The van der Waals surface area contributed by atoms with Gasteiger partial charge in [-0.25, -0.2) is 4.39 Å². The molecule has 0 heterocycles. The second-order valence-corrected chi connectivity index (χ2v) is 4.94. The third-order valence-electron chi connectivity index (χ3n) is 3.15. The number of carbonyl (C=O) groups is 1. The molecule has 4 nitrogen and oxygen atoms in total. The summed E-state index contributed by atoms with van der Waals surface area (Å²) in [6.45, 7) is 2.47. The standard InChI is InChI=1S/C17H19FN2O2/c1-12-3-8-16(22-2)15(11-12)19-10-9-17(21)20-14-6-4-13(18)5-7-14/h3-8,11,19H,9-10H2,1-2H3,(H,20,21). The third kappa shape index (κ3) is 4.48. The summed E-state index contributed by atoms with van der Waals surface area (Å²) in [6, 6.07) is 11.5. The molecule has 2 aromatic carbocycles. The zero-order valence-corrected chi connectivity index (χ0v) is 12.7. The number of hydrogen-bond donors (Lipinski definition) is 2. The summed E-state index contributed by atoms with van der Waals surface area (Å²) in [5.41, 5.74) is 2.55. The van der Waals surface area contributed by atoms with Crippen molar-refractivity contribution in [2.24, 2.45) is 0 Å². The Morgan fingerprint density at radius 1 is 1.18 bits per heavy atom. The Balaban J connectivity index is 1.84. The summed E-state index contributed by atoms with van der Waals surface area (Å²) < 4.78 is 18.1. The monoisotopic (exact) mass is 302 g/mol. The van der Waals surface area contributed by atoms with E-state index in [1.165, 1.54) is 24.3 Å². The molecule has 1 amide bonds. The van der Waals surface area contributed by atoms with Gasteiger partial charge in [0.05, 0.1) is 12.8 Å². The number of benzene rings is 2. The average molecular weight is 302 g/mol. The molecule has 0 aromatic heterocycles. The highest BCUT2D eigenvalue weighted by molar-refractivity contribution is 5.90. The van der Waals surface area contributed by atoms with Crippen molar-refractivity contribution in [1.82, 2.24) is 0 Å². The maximum Gasteiger partial charge on any atom is 0.226 e. The molecule has 0 saturated heterocycles. The topological polar surface area (TPSA) is 50.4 Å². The van der Waals surface area contributed by atoms with Crippen LogP contribution in [0.1, 0.15) is 12.0 Å². The van der Waals surface area contributed by atoms with Crippen LogP contribution >= 0.6 is 0 Å². The molecule has 0 aliphatic carbocycles. The van der Waals surface area contributed by atoms with Gasteiger partial charge in [0.1, 0.15) is 11.6 Å². The molecule has 0 saturated carbocycles. The second-order valence-electron chi connectivity index (χ2n) is 4.94. The summed E-state index contributed by atoms with van der Waals surface area (Å²) in [5.74, 6) is 0.279. The Labute approximate surface area is 129 Å². The van der Waals surface area contributed by atoms with Crippen molar-refractivity contribution in [1.29, 1.82) is 0 Å². The summed E-state index contributed by atoms with van der Waals surface area (Å²) in [5, 5.41) is 5.90. The lowest BCUT2D eigenvalue weighted by atomic mass is 10.2. The number of ether oxygens (including phenoxy) is 1. The Morgan fingerprint density at radius 2 is 1.91 bits per heavy atom. The molecule has 0 aliphatic rings. The molecule has 0 spiro atoms. The van der Waals surface area contributed by atoms with Gasteiger partial charge in [0, 0.05) is 18.7 Å². The van der Waals surface area contributed by atoms with E-state index in [1.54, 1.807) is 7.11 Å². The van der Waals surface area contributed by atoms with Crippen LogP contribution in [0, 0.1) is 12.7 Å². The van der Waals surface area contributed by atoms with Crippen LogP contribution in [0.3, 0.4) is 0 Å². The molecular weight excluding hydrogens is 283 g/mol. The van der Waals surface area contributed by atoms with Gasteiger partial charge in [-0.2, -0.15) is 0 Å². The highest BCUT2D eigenvalue weighted by Crippen LogP contribution is 2.25. The molecule has 2 aromatic rings. The number of carbonyl (C=O) groups excluding carboxylic acids is 1. The molecule has 2 N–H and O–H groups in total. The maximum absolute atomic E-state index is 12.8. The van der Waals surface area contributed by atoms with E-state index in [4.69, 9.17) is 4.74 Å². The lowest BCUT2D eigenvalue weighted by molar-refractivity contribution is -0.115. The van der Waals surface area contributed by atoms with Crippen molar-refractivity contribution in [3.05, 3.63) is 53.8 Å². The first-order valence-corrected chi connectivity index (χ1v) is 7.02. The van der Waals surface area contributed by atoms with Gasteiger partial charge in [-0.15, -0.1) is 0 Å². The van der Waals surface area contributed by atoms with E-state index < -0.39 is 0 Å². The average Bonchev–Trinajstić information content (AvgIpc) is 2.50. The van der Waals surface area contributed by atoms with Crippen molar-refractivity contribution in [2.75, 3.05) is 24.3 Å². The summed E-state index contributed by atoms with van der Waals surface area (Å²) in [7, 11) is 1.61. The van der Waals surface area contributed by atoms with E-state index in [1.807, 2.05) is 25.1 Å². The normalized spacial score (nSPS) is 10.1. The minimum atomic E-state index is -0.328. The Bertz CT molecular complexity index is 642. The largest absolute Gasteiger partial charge is 0.495 e. The van der Waals surface area contributed by atoms with E-state index in [0.717, 1.165) is 17.0 Å². The molecule has 0 atom stereocenters. The predicted molar refractivity (Wildman–Crippen MR) is 85.9 cm³/mol. The molecule has 2 rings (SSSR count). The number of aryl methyl sites for hydroxylation is 1. The van der Waals surface area contributed by atoms with Gasteiger partial charge in [-0.3, -0.25) is 4.79 Å². The SMILES string of the molecule is COc1ccc(C)cc1NCCC(=O)Nc1ccc(F)cc1. The molecule has 0 aliphatic heterocycles. The molecule has 116 valence electrons. The van der Waals surface area contributed by atoms with Gasteiger partial charge in [-0.1, -0.05) is 6.07 Å². The van der Waals surface area contributed by atoms with Crippen LogP contribution in [-0.2, 0) is 4.79 Å². The Morgan fingerprint density at radius 3 is 2.59 bits per heavy atom. The number of hydrogen-bond acceptors (Lipinski definition) is 3. The molecule has 0 radical (unpaired) electrons. The zero-order chi connectivity index (χ0) is 15.9. The van der Waals surface area contributed by atoms with Crippen molar-refractivity contribution in [2.45, 2.75) is 13.3 Å². The van der Waals surface area contributed by atoms with E-state index in [0.29, 0.717) is 18.7 Å². The first kappa shape index (κ1) is 15.8. The van der Waals surface area contributed by atoms with Gasteiger partial charge >= 0.3 is 0 Å². The summed E-state index contributed by atoms with van der Waals surface area (Å²) >= 11 is 0. The van der Waals surface area contributed by atoms with Crippen molar-refractivity contribution in [3.8, 4) is 5.75 Å². The lowest BCUT2D eigenvalue weighted by Gasteiger charge is -2.12. The highest BCUT2D eigenvalue weighted by Gasteiger charge is 2.05.